The fraction of sp³-hybridized carbons (Fsp3) is 0.500. The molecule has 0 radical (unpaired) electrons. The van der Waals surface area contributed by atoms with Crippen molar-refractivity contribution in [2.75, 3.05) is 38.2 Å². The van der Waals surface area contributed by atoms with Gasteiger partial charge in [0, 0.05) is 31.2 Å². The summed E-state index contributed by atoms with van der Waals surface area (Å²) in [6.07, 6.45) is 1.70. The largest absolute Gasteiger partial charge is 0.469 e. The van der Waals surface area contributed by atoms with Crippen LogP contribution in [-0.2, 0) is 16.1 Å². The zero-order valence-electron chi connectivity index (χ0n) is 18.3. The Hall–Kier alpha value is -1.82. The van der Waals surface area contributed by atoms with E-state index in [1.807, 2.05) is 18.2 Å². The fourth-order valence-corrected chi connectivity index (χ4v) is 5.61. The van der Waals surface area contributed by atoms with Gasteiger partial charge >= 0.3 is 5.97 Å². The van der Waals surface area contributed by atoms with Crippen molar-refractivity contribution < 1.29 is 9.53 Å². The van der Waals surface area contributed by atoms with E-state index in [1.54, 1.807) is 0 Å². The third-order valence-electron chi connectivity index (χ3n) is 6.56. The van der Waals surface area contributed by atoms with E-state index in [9.17, 15) is 4.79 Å². The summed E-state index contributed by atoms with van der Waals surface area (Å²) in [5.41, 5.74) is 5.77. The molecule has 166 valence electrons. The van der Waals surface area contributed by atoms with E-state index in [2.05, 4.69) is 29.7 Å². The molecule has 0 bridgehead atoms. The van der Waals surface area contributed by atoms with E-state index in [0.717, 1.165) is 62.6 Å². The molecule has 0 saturated carbocycles. The molecule has 4 rings (SSSR count). The Morgan fingerprint density at radius 1 is 1.16 bits per heavy atom. The number of methoxy groups -OCH3 is 1. The van der Waals surface area contributed by atoms with Crippen LogP contribution < -0.4 is 4.90 Å². The van der Waals surface area contributed by atoms with Crippen LogP contribution in [0, 0.1) is 19.8 Å². The van der Waals surface area contributed by atoms with Crippen LogP contribution in [0.1, 0.15) is 41.3 Å². The highest BCUT2D eigenvalue weighted by atomic mass is 35.5. The molecule has 5 nitrogen and oxygen atoms in total. The quantitative estimate of drug-likeness (QED) is 0.586. The first-order valence-corrected chi connectivity index (χ1v) is 11.6. The van der Waals surface area contributed by atoms with Crippen LogP contribution in [0.5, 0.6) is 0 Å². The van der Waals surface area contributed by atoms with E-state index in [1.165, 1.54) is 18.2 Å². The number of esters is 1. The maximum atomic E-state index is 11.7. The minimum Gasteiger partial charge on any atom is -0.469 e. The average molecular weight is 462 g/mol. The lowest BCUT2D eigenvalue weighted by Crippen LogP contribution is -2.46. The van der Waals surface area contributed by atoms with Gasteiger partial charge in [-0.2, -0.15) is 0 Å². The number of aromatic nitrogens is 1. The molecule has 0 unspecified atom stereocenters. The number of aryl methyl sites for hydroxylation is 2. The Morgan fingerprint density at radius 3 is 2.39 bits per heavy atom. The lowest BCUT2D eigenvalue weighted by molar-refractivity contribution is -0.147. The van der Waals surface area contributed by atoms with Crippen molar-refractivity contribution in [3.05, 3.63) is 56.8 Å². The molecular weight excluding hydrogens is 433 g/mol. The molecule has 0 amide bonds. The number of para-hydroxylation sites is 1. The van der Waals surface area contributed by atoms with Crippen molar-refractivity contribution in [3.8, 4) is 0 Å². The van der Waals surface area contributed by atoms with Crippen LogP contribution in [-0.4, -0.2) is 49.1 Å². The number of anilines is 1. The Bertz CT molecular complexity index is 924. The van der Waals surface area contributed by atoms with Crippen LogP contribution in [0.4, 0.5) is 5.69 Å². The summed E-state index contributed by atoms with van der Waals surface area (Å²) in [6.45, 7) is 8.71. The second kappa shape index (κ2) is 9.35. The van der Waals surface area contributed by atoms with Crippen LogP contribution >= 0.6 is 23.2 Å². The summed E-state index contributed by atoms with van der Waals surface area (Å²) in [5.74, 6) is 0.388. The number of rotatable bonds is 5. The standard InChI is InChI=1S/C24H29Cl2N3O2/c1-15-11-19(14-28-9-7-17(8-10-28)24(30)31-3)27-16(2)22(15)18-12-29(13-18)23-20(25)5-4-6-21(23)26/h4-6,11,17-18H,7-10,12-14H2,1-3H3. The third kappa shape index (κ3) is 4.69. The topological polar surface area (TPSA) is 45.7 Å². The van der Waals surface area contributed by atoms with Gasteiger partial charge in [0.05, 0.1) is 34.5 Å². The Labute approximate surface area is 194 Å². The molecule has 1 aromatic heterocycles. The number of carbonyl (C=O) groups is 1. The van der Waals surface area contributed by atoms with Gasteiger partial charge in [-0.1, -0.05) is 29.3 Å². The first-order chi connectivity index (χ1) is 14.9. The van der Waals surface area contributed by atoms with E-state index < -0.39 is 0 Å². The zero-order chi connectivity index (χ0) is 22.1. The molecule has 31 heavy (non-hydrogen) atoms. The molecule has 2 fully saturated rings. The second-order valence-corrected chi connectivity index (χ2v) is 9.49. The van der Waals surface area contributed by atoms with Gasteiger partial charge in [0.15, 0.2) is 0 Å². The maximum Gasteiger partial charge on any atom is 0.308 e. The smallest absolute Gasteiger partial charge is 0.308 e. The summed E-state index contributed by atoms with van der Waals surface area (Å²) in [6, 6.07) is 7.87. The van der Waals surface area contributed by atoms with Crippen LogP contribution in [0.15, 0.2) is 24.3 Å². The Morgan fingerprint density at radius 2 is 1.81 bits per heavy atom. The summed E-state index contributed by atoms with van der Waals surface area (Å²) < 4.78 is 4.89. The number of benzene rings is 1. The predicted molar refractivity (Wildman–Crippen MR) is 125 cm³/mol. The van der Waals surface area contributed by atoms with Crippen molar-refractivity contribution in [1.29, 1.82) is 0 Å². The van der Waals surface area contributed by atoms with Crippen molar-refractivity contribution in [3.63, 3.8) is 0 Å². The van der Waals surface area contributed by atoms with Crippen LogP contribution in [0.25, 0.3) is 0 Å². The van der Waals surface area contributed by atoms with Gasteiger partial charge in [0.2, 0.25) is 0 Å². The first kappa shape index (κ1) is 22.4. The summed E-state index contributed by atoms with van der Waals surface area (Å²) in [5, 5.41) is 1.40. The molecule has 1 aromatic carbocycles. The minimum atomic E-state index is -0.0820. The van der Waals surface area contributed by atoms with E-state index in [-0.39, 0.29) is 11.9 Å². The predicted octanol–water partition coefficient (Wildman–Crippen LogP) is 4.99. The molecule has 0 atom stereocenters. The molecule has 7 heteroatoms. The average Bonchev–Trinajstić information content (AvgIpc) is 2.70. The number of carbonyl (C=O) groups excluding carboxylic acids is 1. The van der Waals surface area contributed by atoms with Gasteiger partial charge in [0.25, 0.3) is 0 Å². The highest BCUT2D eigenvalue weighted by Gasteiger charge is 2.33. The van der Waals surface area contributed by atoms with Crippen LogP contribution in [0.3, 0.4) is 0 Å². The summed E-state index contributed by atoms with van der Waals surface area (Å²) in [4.78, 5) is 21.3. The number of halogens is 2. The molecular formula is C24H29Cl2N3O2. The molecule has 0 aliphatic carbocycles. The van der Waals surface area contributed by atoms with Crippen molar-refractivity contribution in [1.82, 2.24) is 9.88 Å². The Balaban J connectivity index is 1.39. The Kier molecular flexibility index (Phi) is 6.75. The van der Waals surface area contributed by atoms with Crippen molar-refractivity contribution in [2.45, 2.75) is 39.2 Å². The van der Waals surface area contributed by atoms with Crippen molar-refractivity contribution in [2.24, 2.45) is 5.92 Å². The lowest BCUT2D eigenvalue weighted by atomic mass is 9.86. The third-order valence-corrected chi connectivity index (χ3v) is 7.17. The molecule has 2 aromatic rings. The molecule has 2 aliphatic heterocycles. The van der Waals surface area contributed by atoms with E-state index >= 15 is 0 Å². The van der Waals surface area contributed by atoms with E-state index in [4.69, 9.17) is 32.9 Å². The maximum absolute atomic E-state index is 11.7. The zero-order valence-corrected chi connectivity index (χ0v) is 19.8. The van der Waals surface area contributed by atoms with Gasteiger partial charge in [-0.15, -0.1) is 0 Å². The second-order valence-electron chi connectivity index (χ2n) is 8.68. The van der Waals surface area contributed by atoms with Crippen molar-refractivity contribution >= 4 is 34.9 Å². The van der Waals surface area contributed by atoms with Gasteiger partial charge in [-0.3, -0.25) is 14.7 Å². The number of hydrogen-bond acceptors (Lipinski definition) is 5. The van der Waals surface area contributed by atoms with Gasteiger partial charge in [-0.05, 0) is 69.1 Å². The first-order valence-electron chi connectivity index (χ1n) is 10.8. The number of pyridine rings is 1. The molecule has 0 spiro atoms. The van der Waals surface area contributed by atoms with Crippen LogP contribution in [0.2, 0.25) is 10.0 Å². The minimum absolute atomic E-state index is 0.0354. The van der Waals surface area contributed by atoms with E-state index in [0.29, 0.717) is 16.0 Å². The number of piperidine rings is 1. The monoisotopic (exact) mass is 461 g/mol. The number of ether oxygens (including phenoxy) is 1. The fourth-order valence-electron chi connectivity index (χ4n) is 4.98. The number of hydrogen-bond donors (Lipinski definition) is 0. The molecule has 0 N–H and O–H groups in total. The van der Waals surface area contributed by atoms with Gasteiger partial charge in [0.1, 0.15) is 0 Å². The molecule has 2 saturated heterocycles. The summed E-state index contributed by atoms with van der Waals surface area (Å²) >= 11 is 12.7. The molecule has 2 aliphatic rings. The normalized spacial score (nSPS) is 18.2. The lowest BCUT2D eigenvalue weighted by Gasteiger charge is -2.43. The van der Waals surface area contributed by atoms with Gasteiger partial charge in [-0.25, -0.2) is 0 Å². The molecule has 3 heterocycles. The number of likely N-dealkylation sites (tertiary alicyclic amines) is 1. The highest BCUT2D eigenvalue weighted by Crippen LogP contribution is 2.41. The SMILES string of the molecule is COC(=O)C1CCN(Cc2cc(C)c(C3CN(c4c(Cl)cccc4Cl)C3)c(C)n2)CC1. The number of nitrogens with zero attached hydrogens (tertiary/aromatic N) is 3. The summed E-state index contributed by atoms with van der Waals surface area (Å²) in [7, 11) is 1.47. The highest BCUT2D eigenvalue weighted by molar-refractivity contribution is 6.39. The van der Waals surface area contributed by atoms with Gasteiger partial charge < -0.3 is 9.64 Å².